The van der Waals surface area contributed by atoms with Crippen LogP contribution in [0.1, 0.15) is 18.4 Å². The molecule has 1 fully saturated rings. The van der Waals surface area contributed by atoms with Crippen molar-refractivity contribution in [2.45, 2.75) is 25.3 Å². The van der Waals surface area contributed by atoms with Gasteiger partial charge in [-0.05, 0) is 31.0 Å². The molecule has 1 saturated heterocycles. The molecular formula is C16H19F2NO. The normalized spacial score (nSPS) is 20.6. The Kier molecular flexibility index (Phi) is 4.65. The number of carbonyl (C=O) groups is 1. The van der Waals surface area contributed by atoms with Crippen molar-refractivity contribution in [2.75, 3.05) is 13.1 Å². The van der Waals surface area contributed by atoms with E-state index in [1.165, 1.54) is 0 Å². The van der Waals surface area contributed by atoms with Gasteiger partial charge in [-0.3, -0.25) is 9.69 Å². The van der Waals surface area contributed by atoms with Gasteiger partial charge < -0.3 is 0 Å². The molecule has 1 unspecified atom stereocenters. The summed E-state index contributed by atoms with van der Waals surface area (Å²) in [6.07, 6.45) is 1.76. The number of carbonyl (C=O) groups excluding carboxylic acids is 1. The molecule has 0 bridgehead atoms. The van der Waals surface area contributed by atoms with E-state index in [0.29, 0.717) is 25.6 Å². The second-order valence-corrected chi connectivity index (χ2v) is 5.25. The van der Waals surface area contributed by atoms with Crippen molar-refractivity contribution in [3.05, 3.63) is 48.6 Å². The predicted octanol–water partition coefficient (Wildman–Crippen LogP) is 3.29. The van der Waals surface area contributed by atoms with Crippen LogP contribution < -0.4 is 0 Å². The zero-order valence-corrected chi connectivity index (χ0v) is 11.4. The summed E-state index contributed by atoms with van der Waals surface area (Å²) in [5, 5.41) is 0. The molecule has 0 saturated carbocycles. The molecule has 1 aromatic rings. The van der Waals surface area contributed by atoms with Crippen LogP contribution in [0, 0.1) is 5.92 Å². The molecule has 1 aromatic carbocycles. The number of nitrogens with zero attached hydrogens (tertiary/aromatic N) is 1. The van der Waals surface area contributed by atoms with Gasteiger partial charge in [-0.1, -0.05) is 36.9 Å². The summed E-state index contributed by atoms with van der Waals surface area (Å²) in [6.45, 7) is 4.99. The second kappa shape index (κ2) is 6.27. The average Bonchev–Trinajstić information content (AvgIpc) is 2.48. The lowest BCUT2D eigenvalue weighted by Crippen LogP contribution is -2.43. The number of hydrogen-bond donors (Lipinski definition) is 0. The molecule has 1 aliphatic rings. The number of rotatable bonds is 5. The van der Waals surface area contributed by atoms with E-state index in [0.717, 1.165) is 18.5 Å². The first kappa shape index (κ1) is 14.9. The smallest absolute Gasteiger partial charge is 0.298 e. The van der Waals surface area contributed by atoms with Crippen LogP contribution in [-0.2, 0) is 11.3 Å². The minimum atomic E-state index is -3.40. The Balaban J connectivity index is 1.98. The minimum absolute atomic E-state index is 0.400. The van der Waals surface area contributed by atoms with Gasteiger partial charge in [0.25, 0.3) is 0 Å². The molecule has 20 heavy (non-hydrogen) atoms. The highest BCUT2D eigenvalue weighted by Gasteiger charge is 2.41. The van der Waals surface area contributed by atoms with Crippen LogP contribution in [0.15, 0.2) is 43.0 Å². The topological polar surface area (TPSA) is 20.3 Å². The highest BCUT2D eigenvalue weighted by Crippen LogP contribution is 2.27. The number of allylic oxidation sites excluding steroid dienone is 1. The van der Waals surface area contributed by atoms with Crippen molar-refractivity contribution >= 4 is 5.78 Å². The molecule has 0 aromatic heterocycles. The highest BCUT2D eigenvalue weighted by molar-refractivity contribution is 5.89. The molecule has 0 amide bonds. The van der Waals surface area contributed by atoms with E-state index >= 15 is 0 Å². The Labute approximate surface area is 118 Å². The van der Waals surface area contributed by atoms with Gasteiger partial charge in [0.05, 0.1) is 0 Å². The molecule has 0 N–H and O–H groups in total. The van der Waals surface area contributed by atoms with Crippen molar-refractivity contribution in [3.63, 3.8) is 0 Å². The Morgan fingerprint density at radius 2 is 2.10 bits per heavy atom. The van der Waals surface area contributed by atoms with Crippen molar-refractivity contribution in [1.29, 1.82) is 0 Å². The van der Waals surface area contributed by atoms with E-state index in [4.69, 9.17) is 0 Å². The molecule has 2 nitrogen and oxygen atoms in total. The fourth-order valence-electron chi connectivity index (χ4n) is 2.63. The molecule has 0 aliphatic carbocycles. The SMILES string of the molecule is C=CC(F)(F)C(=O)C1CCCN(Cc2ccccc2)C1. The minimum Gasteiger partial charge on any atom is -0.298 e. The quantitative estimate of drug-likeness (QED) is 0.771. The summed E-state index contributed by atoms with van der Waals surface area (Å²) in [4.78, 5) is 13.9. The number of alkyl halides is 2. The first-order chi connectivity index (χ1) is 9.53. The third-order valence-electron chi connectivity index (χ3n) is 3.71. The summed E-state index contributed by atoms with van der Waals surface area (Å²) in [5.41, 5.74) is 1.14. The van der Waals surface area contributed by atoms with E-state index in [9.17, 15) is 13.6 Å². The number of benzene rings is 1. The number of ketones is 1. The molecule has 4 heteroatoms. The molecular weight excluding hydrogens is 260 g/mol. The first-order valence-corrected chi connectivity index (χ1v) is 6.85. The number of Topliss-reactive ketones (excluding diaryl/α,β-unsaturated/α-hetero) is 1. The Hall–Kier alpha value is -1.55. The van der Waals surface area contributed by atoms with Gasteiger partial charge in [0.15, 0.2) is 0 Å². The molecule has 1 heterocycles. The lowest BCUT2D eigenvalue weighted by molar-refractivity contribution is -0.143. The second-order valence-electron chi connectivity index (χ2n) is 5.25. The monoisotopic (exact) mass is 279 g/mol. The van der Waals surface area contributed by atoms with Gasteiger partial charge in [-0.2, -0.15) is 8.78 Å². The molecule has 0 radical (unpaired) electrons. The maximum atomic E-state index is 13.4. The fraction of sp³-hybridized carbons (Fsp3) is 0.438. The highest BCUT2D eigenvalue weighted by atomic mass is 19.3. The van der Waals surface area contributed by atoms with Crippen LogP contribution in [0.2, 0.25) is 0 Å². The Morgan fingerprint density at radius 3 is 2.75 bits per heavy atom. The molecule has 0 spiro atoms. The lowest BCUT2D eigenvalue weighted by Gasteiger charge is -2.33. The summed E-state index contributed by atoms with van der Waals surface area (Å²) < 4.78 is 26.8. The van der Waals surface area contributed by atoms with Crippen LogP contribution in [0.4, 0.5) is 8.78 Å². The van der Waals surface area contributed by atoms with Gasteiger partial charge in [-0.15, -0.1) is 0 Å². The zero-order valence-electron chi connectivity index (χ0n) is 11.4. The third kappa shape index (κ3) is 3.51. The van der Waals surface area contributed by atoms with Crippen LogP contribution in [0.25, 0.3) is 0 Å². The standard InChI is InChI=1S/C16H19F2NO/c1-2-16(17,18)15(20)14-9-6-10-19(12-14)11-13-7-4-3-5-8-13/h2-5,7-8,14H,1,6,9-12H2. The van der Waals surface area contributed by atoms with Gasteiger partial charge in [0, 0.05) is 19.0 Å². The molecule has 1 atom stereocenters. The third-order valence-corrected chi connectivity index (χ3v) is 3.71. The van der Waals surface area contributed by atoms with Gasteiger partial charge in [0.1, 0.15) is 0 Å². The molecule has 2 rings (SSSR count). The van der Waals surface area contributed by atoms with Gasteiger partial charge >= 0.3 is 5.92 Å². The van der Waals surface area contributed by atoms with E-state index in [1.807, 2.05) is 30.3 Å². The summed E-state index contributed by atoms with van der Waals surface area (Å²) in [6, 6.07) is 9.85. The largest absolute Gasteiger partial charge is 0.323 e. The van der Waals surface area contributed by atoms with E-state index in [-0.39, 0.29) is 0 Å². The van der Waals surface area contributed by atoms with E-state index < -0.39 is 17.6 Å². The number of piperidine rings is 1. The maximum Gasteiger partial charge on any atom is 0.323 e. The maximum absolute atomic E-state index is 13.4. The summed E-state index contributed by atoms with van der Waals surface area (Å²) in [5.74, 6) is -4.99. The van der Waals surface area contributed by atoms with Crippen molar-refractivity contribution in [2.24, 2.45) is 5.92 Å². The first-order valence-electron chi connectivity index (χ1n) is 6.85. The molecule has 1 aliphatic heterocycles. The van der Waals surface area contributed by atoms with E-state index in [2.05, 4.69) is 11.5 Å². The number of likely N-dealkylation sites (tertiary alicyclic amines) is 1. The van der Waals surface area contributed by atoms with Crippen molar-refractivity contribution < 1.29 is 13.6 Å². The fourth-order valence-corrected chi connectivity index (χ4v) is 2.63. The average molecular weight is 279 g/mol. The number of hydrogen-bond acceptors (Lipinski definition) is 2. The zero-order chi connectivity index (χ0) is 14.6. The van der Waals surface area contributed by atoms with E-state index in [1.54, 1.807) is 0 Å². The van der Waals surface area contributed by atoms with Crippen LogP contribution >= 0.6 is 0 Å². The molecule has 108 valence electrons. The summed E-state index contributed by atoms with van der Waals surface area (Å²) in [7, 11) is 0. The van der Waals surface area contributed by atoms with Crippen molar-refractivity contribution in [3.8, 4) is 0 Å². The Morgan fingerprint density at radius 1 is 1.40 bits per heavy atom. The van der Waals surface area contributed by atoms with Gasteiger partial charge in [-0.25, -0.2) is 0 Å². The lowest BCUT2D eigenvalue weighted by atomic mass is 9.90. The number of halogens is 2. The van der Waals surface area contributed by atoms with Crippen LogP contribution in [-0.4, -0.2) is 29.7 Å². The van der Waals surface area contributed by atoms with Crippen LogP contribution in [0.3, 0.4) is 0 Å². The van der Waals surface area contributed by atoms with Gasteiger partial charge in [0.2, 0.25) is 5.78 Å². The Bertz CT molecular complexity index is 473. The summed E-state index contributed by atoms with van der Waals surface area (Å²) >= 11 is 0. The van der Waals surface area contributed by atoms with Crippen LogP contribution in [0.5, 0.6) is 0 Å². The van der Waals surface area contributed by atoms with Crippen molar-refractivity contribution in [1.82, 2.24) is 4.90 Å². The predicted molar refractivity (Wildman–Crippen MR) is 74.6 cm³/mol.